The Morgan fingerprint density at radius 3 is 2.71 bits per heavy atom. The zero-order valence-corrected chi connectivity index (χ0v) is 10.5. The maximum atomic E-state index is 11.2. The van der Waals surface area contributed by atoms with Crippen molar-refractivity contribution < 1.29 is 19.1 Å². The van der Waals surface area contributed by atoms with Crippen molar-refractivity contribution >= 4 is 11.7 Å². The number of carbonyl (C=O) groups is 2. The molecule has 0 radical (unpaired) electrons. The van der Waals surface area contributed by atoms with E-state index in [0.29, 0.717) is 19.8 Å². The molecule has 17 heavy (non-hydrogen) atoms. The molecular formula is C12H21NO4. The molecule has 0 heterocycles. The third kappa shape index (κ3) is 9.71. The lowest BCUT2D eigenvalue weighted by atomic mass is 10.2. The topological polar surface area (TPSA) is 64.6 Å². The van der Waals surface area contributed by atoms with E-state index in [9.17, 15) is 9.59 Å². The monoisotopic (exact) mass is 243 g/mol. The molecule has 0 rings (SSSR count). The summed E-state index contributed by atoms with van der Waals surface area (Å²) in [5.41, 5.74) is 0. The van der Waals surface area contributed by atoms with Crippen LogP contribution < -0.4 is 5.32 Å². The maximum Gasteiger partial charge on any atom is 0.220 e. The molecule has 1 atom stereocenters. The van der Waals surface area contributed by atoms with E-state index in [-0.39, 0.29) is 30.6 Å². The Kier molecular flexibility index (Phi) is 9.28. The van der Waals surface area contributed by atoms with Crippen molar-refractivity contribution in [3.05, 3.63) is 12.7 Å². The van der Waals surface area contributed by atoms with Gasteiger partial charge in [-0.3, -0.25) is 9.59 Å². The number of ketones is 1. The minimum atomic E-state index is -0.149. The molecule has 5 heteroatoms. The molecule has 0 spiro atoms. The molecule has 0 aromatic rings. The van der Waals surface area contributed by atoms with Crippen molar-refractivity contribution in [2.45, 2.75) is 25.9 Å². The fourth-order valence-electron chi connectivity index (χ4n) is 1.01. The second-order valence-electron chi connectivity index (χ2n) is 3.64. The minimum absolute atomic E-state index is 0.0518. The largest absolute Gasteiger partial charge is 0.379 e. The molecule has 0 aliphatic carbocycles. The SMILES string of the molecule is C=CC(=O)CCC(=O)NCCOCC(C)OC. The van der Waals surface area contributed by atoms with Gasteiger partial charge in [0.05, 0.1) is 19.3 Å². The second-order valence-corrected chi connectivity index (χ2v) is 3.64. The molecule has 0 fully saturated rings. The van der Waals surface area contributed by atoms with Gasteiger partial charge in [0.2, 0.25) is 5.91 Å². The molecule has 1 unspecified atom stereocenters. The summed E-state index contributed by atoms with van der Waals surface area (Å²) in [5, 5.41) is 2.66. The van der Waals surface area contributed by atoms with Crippen LogP contribution in [0.15, 0.2) is 12.7 Å². The van der Waals surface area contributed by atoms with Gasteiger partial charge in [0.25, 0.3) is 0 Å². The number of rotatable bonds is 10. The summed E-state index contributed by atoms with van der Waals surface area (Å²) >= 11 is 0. The van der Waals surface area contributed by atoms with Gasteiger partial charge in [-0.05, 0) is 13.0 Å². The van der Waals surface area contributed by atoms with Crippen molar-refractivity contribution in [2.75, 3.05) is 26.9 Å². The zero-order chi connectivity index (χ0) is 13.1. The van der Waals surface area contributed by atoms with Crippen LogP contribution in [0.4, 0.5) is 0 Å². The Morgan fingerprint density at radius 2 is 2.12 bits per heavy atom. The van der Waals surface area contributed by atoms with Crippen LogP contribution in [0.5, 0.6) is 0 Å². The first kappa shape index (κ1) is 15.8. The van der Waals surface area contributed by atoms with Gasteiger partial charge in [-0.1, -0.05) is 6.58 Å². The summed E-state index contributed by atoms with van der Waals surface area (Å²) in [6.07, 6.45) is 1.68. The first-order valence-corrected chi connectivity index (χ1v) is 5.62. The number of amides is 1. The van der Waals surface area contributed by atoms with Crippen molar-refractivity contribution in [2.24, 2.45) is 0 Å². The molecule has 0 saturated carbocycles. The molecule has 0 aromatic carbocycles. The molecule has 1 amide bonds. The van der Waals surface area contributed by atoms with E-state index in [0.717, 1.165) is 0 Å². The number of hydrogen-bond acceptors (Lipinski definition) is 4. The van der Waals surface area contributed by atoms with Gasteiger partial charge in [-0.15, -0.1) is 0 Å². The molecule has 0 saturated heterocycles. The number of methoxy groups -OCH3 is 1. The van der Waals surface area contributed by atoms with Gasteiger partial charge in [-0.2, -0.15) is 0 Å². The summed E-state index contributed by atoms with van der Waals surface area (Å²) < 4.78 is 10.3. The molecule has 0 aromatic heterocycles. The normalized spacial score (nSPS) is 11.9. The van der Waals surface area contributed by atoms with Crippen LogP contribution in [-0.2, 0) is 19.1 Å². The Bertz CT molecular complexity index is 253. The average Bonchev–Trinajstić information content (AvgIpc) is 2.34. The minimum Gasteiger partial charge on any atom is -0.379 e. The highest BCUT2D eigenvalue weighted by Crippen LogP contribution is 1.92. The summed E-state index contributed by atoms with van der Waals surface area (Å²) in [7, 11) is 1.62. The van der Waals surface area contributed by atoms with Gasteiger partial charge in [0, 0.05) is 26.5 Å². The highest BCUT2D eigenvalue weighted by Gasteiger charge is 2.04. The van der Waals surface area contributed by atoms with Crippen molar-refractivity contribution in [3.8, 4) is 0 Å². The van der Waals surface area contributed by atoms with Crippen LogP contribution in [0.2, 0.25) is 0 Å². The van der Waals surface area contributed by atoms with Crippen LogP contribution >= 0.6 is 0 Å². The smallest absolute Gasteiger partial charge is 0.220 e. The molecule has 1 N–H and O–H groups in total. The summed E-state index contributed by atoms with van der Waals surface area (Å²) in [6.45, 7) is 6.62. The van der Waals surface area contributed by atoms with Crippen molar-refractivity contribution in [3.63, 3.8) is 0 Å². The first-order valence-electron chi connectivity index (χ1n) is 5.62. The van der Waals surface area contributed by atoms with E-state index in [1.54, 1.807) is 7.11 Å². The van der Waals surface area contributed by atoms with Gasteiger partial charge < -0.3 is 14.8 Å². The Labute approximate surface area is 102 Å². The number of carbonyl (C=O) groups excluding carboxylic acids is 2. The number of ether oxygens (including phenoxy) is 2. The Morgan fingerprint density at radius 1 is 1.41 bits per heavy atom. The predicted octanol–water partition coefficient (Wildman–Crippen LogP) is 0.689. The van der Waals surface area contributed by atoms with Crippen molar-refractivity contribution in [1.29, 1.82) is 0 Å². The number of nitrogens with one attached hydrogen (secondary N) is 1. The molecule has 0 aliphatic rings. The van der Waals surface area contributed by atoms with Gasteiger partial charge >= 0.3 is 0 Å². The number of hydrogen-bond donors (Lipinski definition) is 1. The Hall–Kier alpha value is -1.20. The standard InChI is InChI=1S/C12H21NO4/c1-4-11(14)5-6-12(15)13-7-8-17-9-10(2)16-3/h4,10H,1,5-9H2,2-3H3,(H,13,15). The third-order valence-electron chi connectivity index (χ3n) is 2.15. The van der Waals surface area contributed by atoms with E-state index in [2.05, 4.69) is 11.9 Å². The van der Waals surface area contributed by atoms with Gasteiger partial charge in [0.1, 0.15) is 0 Å². The number of allylic oxidation sites excluding steroid dienone is 1. The van der Waals surface area contributed by atoms with E-state index in [4.69, 9.17) is 9.47 Å². The van der Waals surface area contributed by atoms with Crippen LogP contribution in [0.3, 0.4) is 0 Å². The second kappa shape index (κ2) is 9.99. The fourth-order valence-corrected chi connectivity index (χ4v) is 1.01. The van der Waals surface area contributed by atoms with Crippen LogP contribution in [0.1, 0.15) is 19.8 Å². The predicted molar refractivity (Wildman–Crippen MR) is 64.7 cm³/mol. The fraction of sp³-hybridized carbons (Fsp3) is 0.667. The summed E-state index contributed by atoms with van der Waals surface area (Å²) in [6, 6.07) is 0. The molecule has 98 valence electrons. The quantitative estimate of drug-likeness (QED) is 0.453. The lowest BCUT2D eigenvalue weighted by molar-refractivity contribution is -0.124. The zero-order valence-electron chi connectivity index (χ0n) is 10.5. The van der Waals surface area contributed by atoms with Crippen molar-refractivity contribution in [1.82, 2.24) is 5.32 Å². The van der Waals surface area contributed by atoms with Gasteiger partial charge in [-0.25, -0.2) is 0 Å². The lowest BCUT2D eigenvalue weighted by Crippen LogP contribution is -2.28. The molecule has 0 bridgehead atoms. The maximum absolute atomic E-state index is 11.2. The highest BCUT2D eigenvalue weighted by atomic mass is 16.5. The van der Waals surface area contributed by atoms with Gasteiger partial charge in [0.15, 0.2) is 5.78 Å². The van der Waals surface area contributed by atoms with E-state index in [1.807, 2.05) is 6.92 Å². The first-order chi connectivity index (χ1) is 8.10. The average molecular weight is 243 g/mol. The lowest BCUT2D eigenvalue weighted by Gasteiger charge is -2.10. The molecular weight excluding hydrogens is 222 g/mol. The van der Waals surface area contributed by atoms with E-state index < -0.39 is 0 Å². The van der Waals surface area contributed by atoms with Crippen LogP contribution in [-0.4, -0.2) is 44.7 Å². The summed E-state index contributed by atoms with van der Waals surface area (Å²) in [4.78, 5) is 22.1. The third-order valence-corrected chi connectivity index (χ3v) is 2.15. The van der Waals surface area contributed by atoms with E-state index >= 15 is 0 Å². The molecule has 5 nitrogen and oxygen atoms in total. The summed E-state index contributed by atoms with van der Waals surface area (Å²) in [5.74, 6) is -0.270. The van der Waals surface area contributed by atoms with Crippen LogP contribution in [0.25, 0.3) is 0 Å². The van der Waals surface area contributed by atoms with E-state index in [1.165, 1.54) is 6.08 Å². The Balaban J connectivity index is 3.39. The highest BCUT2D eigenvalue weighted by molar-refractivity contribution is 5.92. The molecule has 0 aliphatic heterocycles. The van der Waals surface area contributed by atoms with Crippen LogP contribution in [0, 0.1) is 0 Å².